The summed E-state index contributed by atoms with van der Waals surface area (Å²) in [4.78, 5) is 17.9. The lowest BCUT2D eigenvalue weighted by Crippen LogP contribution is -2.52. The largest absolute Gasteiger partial charge is 0.508 e. The van der Waals surface area contributed by atoms with Gasteiger partial charge in [-0.3, -0.25) is 4.90 Å². The minimum absolute atomic E-state index is 0.120. The third kappa shape index (κ3) is 4.36. The smallest absolute Gasteiger partial charge is 0.318 e. The summed E-state index contributed by atoms with van der Waals surface area (Å²) in [5, 5.41) is 17.2. The van der Waals surface area contributed by atoms with Crippen LogP contribution >= 0.6 is 11.8 Å². The van der Waals surface area contributed by atoms with Crippen molar-refractivity contribution in [1.82, 2.24) is 20.2 Å². The lowest BCUT2D eigenvalue weighted by molar-refractivity contribution is 0.0840. The number of ether oxygens (including phenoxy) is 1. The van der Waals surface area contributed by atoms with Crippen molar-refractivity contribution < 1.29 is 9.84 Å². The van der Waals surface area contributed by atoms with Crippen LogP contribution in [0.15, 0.2) is 30.3 Å². The number of rotatable bonds is 5. The Bertz CT molecular complexity index is 1660. The molecule has 9 rings (SSSR count). The molecule has 9 heteroatoms. The van der Waals surface area contributed by atoms with E-state index in [0.717, 1.165) is 64.8 Å². The Balaban J connectivity index is 1.07. The minimum atomic E-state index is 0.120. The van der Waals surface area contributed by atoms with Gasteiger partial charge in [0.1, 0.15) is 18.2 Å². The van der Waals surface area contributed by atoms with Gasteiger partial charge in [0.2, 0.25) is 0 Å². The van der Waals surface area contributed by atoms with E-state index in [0.29, 0.717) is 37.3 Å². The number of aromatic nitrogens is 2. The number of hydrogen-bond acceptors (Lipinski definition) is 9. The number of fused-ring (bicyclic) bond motifs is 7. The van der Waals surface area contributed by atoms with Crippen molar-refractivity contribution in [2.24, 2.45) is 0 Å². The first-order chi connectivity index (χ1) is 21.6. The third-order valence-electron chi connectivity index (χ3n) is 11.3. The molecule has 2 N–H and O–H groups in total. The molecule has 0 saturated carbocycles. The molecular weight excluding hydrogens is 568 g/mol. The molecule has 44 heavy (non-hydrogen) atoms. The first-order valence-electron chi connectivity index (χ1n) is 16.5. The van der Waals surface area contributed by atoms with Crippen LogP contribution in [0, 0.1) is 12.3 Å². The first-order valence-corrected chi connectivity index (χ1v) is 17.5. The van der Waals surface area contributed by atoms with Crippen molar-refractivity contribution >= 4 is 34.0 Å². The number of nitrogens with zero attached hydrogens (tertiary/aromatic N) is 5. The number of phenolic OH excluding ortho intramolecular Hbond substituents is 1. The fourth-order valence-electron chi connectivity index (χ4n) is 9.32. The van der Waals surface area contributed by atoms with Crippen molar-refractivity contribution in [2.45, 2.75) is 80.4 Å². The van der Waals surface area contributed by atoms with E-state index in [4.69, 9.17) is 21.1 Å². The Labute approximate surface area is 263 Å². The van der Waals surface area contributed by atoms with Crippen LogP contribution in [0.2, 0.25) is 0 Å². The van der Waals surface area contributed by atoms with Crippen LogP contribution in [-0.2, 0) is 13.0 Å². The van der Waals surface area contributed by atoms with E-state index in [9.17, 15) is 5.11 Å². The van der Waals surface area contributed by atoms with E-state index in [1.54, 1.807) is 6.07 Å². The van der Waals surface area contributed by atoms with Crippen molar-refractivity contribution in [3.05, 3.63) is 47.2 Å². The Kier molecular flexibility index (Phi) is 6.44. The summed E-state index contributed by atoms with van der Waals surface area (Å²) in [5.74, 6) is 5.47. The predicted molar refractivity (Wildman–Crippen MR) is 176 cm³/mol. The lowest BCUT2D eigenvalue weighted by Gasteiger charge is -2.38. The van der Waals surface area contributed by atoms with Gasteiger partial charge < -0.3 is 25.0 Å². The Hall–Kier alpha value is -3.19. The van der Waals surface area contributed by atoms with E-state index in [1.165, 1.54) is 56.4 Å². The zero-order valence-corrected chi connectivity index (χ0v) is 26.0. The number of anilines is 2. The quantitative estimate of drug-likeness (QED) is 0.412. The van der Waals surface area contributed by atoms with E-state index in [1.807, 2.05) is 24.3 Å². The zero-order valence-electron chi connectivity index (χ0n) is 25.2. The Morgan fingerprint density at radius 3 is 2.86 bits per heavy atom. The molecule has 2 bridgehead atoms. The van der Waals surface area contributed by atoms with E-state index < -0.39 is 0 Å². The van der Waals surface area contributed by atoms with Crippen LogP contribution in [-0.4, -0.2) is 87.4 Å². The van der Waals surface area contributed by atoms with Gasteiger partial charge in [-0.05, 0) is 74.8 Å². The van der Waals surface area contributed by atoms with Crippen LogP contribution in [0.3, 0.4) is 0 Å². The van der Waals surface area contributed by atoms with Gasteiger partial charge in [-0.15, -0.1) is 6.42 Å². The number of nitrogens with one attached hydrogen (secondary N) is 1. The molecular formula is C35H40N6O2S. The minimum Gasteiger partial charge on any atom is -0.508 e. The zero-order chi connectivity index (χ0) is 29.4. The van der Waals surface area contributed by atoms with E-state index in [2.05, 4.69) is 37.7 Å². The number of hydrogen-bond donors (Lipinski definition) is 2. The molecule has 3 aromatic rings. The first kappa shape index (κ1) is 27.1. The molecule has 7 heterocycles. The molecule has 2 aromatic carbocycles. The molecule has 0 radical (unpaired) electrons. The molecule has 6 aliphatic rings. The molecule has 8 nitrogen and oxygen atoms in total. The van der Waals surface area contributed by atoms with Gasteiger partial charge in [-0.25, -0.2) is 0 Å². The van der Waals surface area contributed by atoms with Crippen molar-refractivity contribution in [2.75, 3.05) is 48.3 Å². The summed E-state index contributed by atoms with van der Waals surface area (Å²) in [6.45, 7) is 5.23. The molecule has 228 valence electrons. The summed E-state index contributed by atoms with van der Waals surface area (Å²) >= 11 is 2.16. The maximum Gasteiger partial charge on any atom is 0.318 e. The van der Waals surface area contributed by atoms with Crippen LogP contribution in [0.1, 0.15) is 55.3 Å². The number of piperazine rings is 1. The van der Waals surface area contributed by atoms with Crippen LogP contribution in [0.25, 0.3) is 10.8 Å². The predicted octanol–water partition coefficient (Wildman–Crippen LogP) is 4.31. The average molecular weight is 609 g/mol. The van der Waals surface area contributed by atoms with Gasteiger partial charge in [0.05, 0.1) is 17.8 Å². The maximum absolute atomic E-state index is 10.7. The molecule has 0 spiro atoms. The Morgan fingerprint density at radius 2 is 2.00 bits per heavy atom. The van der Waals surface area contributed by atoms with Crippen LogP contribution in [0.4, 0.5) is 11.5 Å². The molecule has 6 aliphatic heterocycles. The summed E-state index contributed by atoms with van der Waals surface area (Å²) in [6.07, 6.45) is 14.2. The summed E-state index contributed by atoms with van der Waals surface area (Å²) in [5.41, 5.74) is 4.18. The number of phenols is 1. The van der Waals surface area contributed by atoms with Crippen molar-refractivity contribution in [1.29, 1.82) is 0 Å². The summed E-state index contributed by atoms with van der Waals surface area (Å²) < 4.78 is 6.69. The Morgan fingerprint density at radius 1 is 1.11 bits per heavy atom. The third-order valence-corrected chi connectivity index (χ3v) is 12.6. The van der Waals surface area contributed by atoms with Gasteiger partial charge in [0, 0.05) is 71.3 Å². The van der Waals surface area contributed by atoms with Crippen LogP contribution < -0.4 is 19.9 Å². The van der Waals surface area contributed by atoms with E-state index in [-0.39, 0.29) is 11.3 Å². The highest BCUT2D eigenvalue weighted by molar-refractivity contribution is 8.00. The SMILES string of the molecule is C#Cc1cccc2cc(O)cc(N3CCc4c(nc(OCC56CCCN5C5CCSC5C6)nc4N4CC5CCC(C4)N5)C3)c12. The summed E-state index contributed by atoms with van der Waals surface area (Å²) in [6, 6.07) is 11.9. The maximum atomic E-state index is 10.7. The molecule has 5 saturated heterocycles. The molecule has 0 aliphatic carbocycles. The topological polar surface area (TPSA) is 77.0 Å². The number of aromatic hydroxyl groups is 1. The lowest BCUT2D eigenvalue weighted by atomic mass is 9.95. The van der Waals surface area contributed by atoms with Crippen molar-refractivity contribution in [3.8, 4) is 24.1 Å². The van der Waals surface area contributed by atoms with Gasteiger partial charge in [0.15, 0.2) is 0 Å². The van der Waals surface area contributed by atoms with Crippen LogP contribution in [0.5, 0.6) is 11.8 Å². The highest BCUT2D eigenvalue weighted by Gasteiger charge is 2.56. The molecule has 5 unspecified atom stereocenters. The normalized spacial score (nSPS) is 30.8. The second-order valence-corrected chi connectivity index (χ2v) is 15.1. The van der Waals surface area contributed by atoms with Crippen molar-refractivity contribution in [3.63, 3.8) is 0 Å². The second kappa shape index (κ2) is 10.4. The monoisotopic (exact) mass is 608 g/mol. The second-order valence-electron chi connectivity index (χ2n) is 13.8. The fourth-order valence-corrected chi connectivity index (χ4v) is 10.9. The number of benzene rings is 2. The molecule has 5 atom stereocenters. The summed E-state index contributed by atoms with van der Waals surface area (Å²) in [7, 11) is 0. The fraction of sp³-hybridized carbons (Fsp3) is 0.543. The molecule has 5 fully saturated rings. The molecule has 0 amide bonds. The van der Waals surface area contributed by atoms with Gasteiger partial charge in [-0.2, -0.15) is 21.7 Å². The van der Waals surface area contributed by atoms with E-state index >= 15 is 0 Å². The highest BCUT2D eigenvalue weighted by Crippen LogP contribution is 2.51. The average Bonchev–Trinajstić information content (AvgIpc) is 3.80. The van der Waals surface area contributed by atoms with Gasteiger partial charge >= 0.3 is 6.01 Å². The highest BCUT2D eigenvalue weighted by atomic mass is 32.2. The molecule has 1 aromatic heterocycles. The number of thioether (sulfide) groups is 1. The van der Waals surface area contributed by atoms with Gasteiger partial charge in [0.25, 0.3) is 0 Å². The standard InChI is InChI=1S/C35H40N6O2S/c1-2-22-5-3-6-23-15-26(42)16-30(32(22)23)39-13-9-27-28(20-39)37-34(38-33(27)40-18-24-7-8-25(19-40)36-24)43-21-35-11-4-12-41(35)29-10-14-44-31(29)17-35/h1,3,5-6,15-16,24-25,29,31,36,42H,4,7-14,17-21H2. The van der Waals surface area contributed by atoms with Gasteiger partial charge in [-0.1, -0.05) is 18.1 Å². The number of terminal acetylenes is 1.